The van der Waals surface area contributed by atoms with Crippen LogP contribution in [0.3, 0.4) is 0 Å². The first-order valence-corrected chi connectivity index (χ1v) is 7.25. The number of nitrogens with one attached hydrogen (secondary N) is 2. The van der Waals surface area contributed by atoms with Crippen LogP contribution in [0.2, 0.25) is 0 Å². The topological polar surface area (TPSA) is 78.4 Å². The summed E-state index contributed by atoms with van der Waals surface area (Å²) in [5.74, 6) is 0.626. The number of carbonyl (C=O) groups is 2. The molecule has 1 rings (SSSR count). The van der Waals surface area contributed by atoms with Gasteiger partial charge in [-0.3, -0.25) is 4.79 Å². The first-order valence-electron chi connectivity index (χ1n) is 7.25. The second kappa shape index (κ2) is 8.02. The molecule has 3 unspecified atom stereocenters. The smallest absolute Gasteiger partial charge is 0.315 e. The van der Waals surface area contributed by atoms with Crippen molar-refractivity contribution in [3.63, 3.8) is 0 Å². The molecule has 19 heavy (non-hydrogen) atoms. The molecule has 1 aliphatic carbocycles. The van der Waals surface area contributed by atoms with Crippen molar-refractivity contribution in [3.05, 3.63) is 0 Å². The van der Waals surface area contributed by atoms with Gasteiger partial charge in [0.05, 0.1) is 0 Å². The quantitative estimate of drug-likeness (QED) is 0.648. The fourth-order valence-electron chi connectivity index (χ4n) is 2.52. The van der Waals surface area contributed by atoms with Gasteiger partial charge in [0.2, 0.25) is 0 Å². The number of urea groups is 1. The summed E-state index contributed by atoms with van der Waals surface area (Å²) in [6.07, 6.45) is 4.75. The van der Waals surface area contributed by atoms with Crippen molar-refractivity contribution < 1.29 is 14.7 Å². The predicted molar refractivity (Wildman–Crippen MR) is 74.0 cm³/mol. The molecule has 0 aromatic rings. The lowest BCUT2D eigenvalue weighted by Gasteiger charge is -2.32. The number of carbonyl (C=O) groups excluding carboxylic acids is 1. The maximum atomic E-state index is 11.7. The molecule has 0 bridgehead atoms. The highest BCUT2D eigenvalue weighted by molar-refractivity contribution is 5.74. The molecule has 5 nitrogen and oxygen atoms in total. The van der Waals surface area contributed by atoms with E-state index in [-0.39, 0.29) is 18.5 Å². The van der Waals surface area contributed by atoms with Gasteiger partial charge < -0.3 is 15.7 Å². The average molecular weight is 270 g/mol. The molecule has 3 N–H and O–H groups in total. The summed E-state index contributed by atoms with van der Waals surface area (Å²) in [6.45, 7) is 5.05. The van der Waals surface area contributed by atoms with Gasteiger partial charge in [0.25, 0.3) is 0 Å². The Hall–Kier alpha value is -1.26. The number of carboxylic acids is 1. The molecule has 0 aromatic carbocycles. The van der Waals surface area contributed by atoms with E-state index in [2.05, 4.69) is 24.5 Å². The minimum absolute atomic E-state index is 0.123. The summed E-state index contributed by atoms with van der Waals surface area (Å²) >= 11 is 0. The molecule has 0 spiro atoms. The van der Waals surface area contributed by atoms with Gasteiger partial charge in [0, 0.05) is 19.0 Å². The third kappa shape index (κ3) is 6.45. The van der Waals surface area contributed by atoms with E-state index in [0.29, 0.717) is 25.3 Å². The zero-order valence-corrected chi connectivity index (χ0v) is 11.9. The van der Waals surface area contributed by atoms with Gasteiger partial charge in [-0.25, -0.2) is 4.79 Å². The average Bonchev–Trinajstić information content (AvgIpc) is 2.33. The van der Waals surface area contributed by atoms with Crippen LogP contribution in [-0.4, -0.2) is 29.7 Å². The highest BCUT2D eigenvalue weighted by atomic mass is 16.4. The Balaban J connectivity index is 2.09. The van der Waals surface area contributed by atoms with Crippen molar-refractivity contribution in [2.24, 2.45) is 11.8 Å². The monoisotopic (exact) mass is 270 g/mol. The van der Waals surface area contributed by atoms with Gasteiger partial charge >= 0.3 is 12.0 Å². The van der Waals surface area contributed by atoms with Crippen molar-refractivity contribution in [1.82, 2.24) is 10.6 Å². The van der Waals surface area contributed by atoms with Gasteiger partial charge in [-0.15, -0.1) is 0 Å². The Bertz CT molecular complexity index is 307. The number of unbranched alkanes of at least 4 members (excludes halogenated alkanes) is 1. The van der Waals surface area contributed by atoms with Crippen LogP contribution in [0.15, 0.2) is 0 Å². The molecule has 0 heterocycles. The normalized spacial score (nSPS) is 26.7. The summed E-state index contributed by atoms with van der Waals surface area (Å²) in [5.41, 5.74) is 0. The number of hydrogen-bond donors (Lipinski definition) is 3. The van der Waals surface area contributed by atoms with Gasteiger partial charge in [0.15, 0.2) is 0 Å². The van der Waals surface area contributed by atoms with E-state index in [0.717, 1.165) is 18.8 Å². The second-order valence-electron chi connectivity index (χ2n) is 5.72. The third-order valence-electron chi connectivity index (χ3n) is 4.04. The van der Waals surface area contributed by atoms with Gasteiger partial charge in [0.1, 0.15) is 0 Å². The summed E-state index contributed by atoms with van der Waals surface area (Å²) in [6, 6.07) is 0.160. The van der Waals surface area contributed by atoms with Crippen LogP contribution in [0.1, 0.15) is 52.4 Å². The van der Waals surface area contributed by atoms with Crippen LogP contribution in [0, 0.1) is 11.8 Å². The summed E-state index contributed by atoms with van der Waals surface area (Å²) < 4.78 is 0. The molecule has 2 amide bonds. The lowest BCUT2D eigenvalue weighted by molar-refractivity contribution is -0.137. The van der Waals surface area contributed by atoms with Crippen LogP contribution in [0.5, 0.6) is 0 Å². The second-order valence-corrected chi connectivity index (χ2v) is 5.72. The van der Waals surface area contributed by atoms with Crippen molar-refractivity contribution in [3.8, 4) is 0 Å². The Labute approximate surface area is 115 Å². The van der Waals surface area contributed by atoms with Gasteiger partial charge in [-0.05, 0) is 43.9 Å². The highest BCUT2D eigenvalue weighted by Gasteiger charge is 2.25. The van der Waals surface area contributed by atoms with Crippen molar-refractivity contribution in [2.75, 3.05) is 6.54 Å². The van der Waals surface area contributed by atoms with E-state index in [9.17, 15) is 9.59 Å². The fourth-order valence-corrected chi connectivity index (χ4v) is 2.52. The van der Waals surface area contributed by atoms with Crippen LogP contribution < -0.4 is 10.6 Å². The zero-order valence-electron chi connectivity index (χ0n) is 11.9. The van der Waals surface area contributed by atoms with E-state index in [1.807, 2.05) is 0 Å². The number of aliphatic carboxylic acids is 1. The SMILES string of the molecule is CC1CCC(NC(=O)NCCCCC(=O)O)CC1C. The molecule has 110 valence electrons. The van der Waals surface area contributed by atoms with E-state index in [1.165, 1.54) is 6.42 Å². The summed E-state index contributed by atoms with van der Waals surface area (Å²) in [4.78, 5) is 22.0. The third-order valence-corrected chi connectivity index (χ3v) is 4.04. The Morgan fingerprint density at radius 3 is 2.53 bits per heavy atom. The molecule has 5 heteroatoms. The molecule has 0 aromatic heterocycles. The zero-order chi connectivity index (χ0) is 14.3. The summed E-state index contributed by atoms with van der Waals surface area (Å²) in [7, 11) is 0. The Morgan fingerprint density at radius 1 is 1.16 bits per heavy atom. The molecule has 1 fully saturated rings. The minimum Gasteiger partial charge on any atom is -0.481 e. The first-order chi connectivity index (χ1) is 8.99. The molecular weight excluding hydrogens is 244 g/mol. The lowest BCUT2D eigenvalue weighted by atomic mass is 9.79. The van der Waals surface area contributed by atoms with Gasteiger partial charge in [-0.1, -0.05) is 13.8 Å². The predicted octanol–water partition coefficient (Wildman–Crippen LogP) is 2.37. The van der Waals surface area contributed by atoms with Crippen molar-refractivity contribution in [2.45, 2.75) is 58.4 Å². The van der Waals surface area contributed by atoms with Crippen molar-refractivity contribution >= 4 is 12.0 Å². The Morgan fingerprint density at radius 2 is 1.89 bits per heavy atom. The van der Waals surface area contributed by atoms with Crippen LogP contribution in [-0.2, 0) is 4.79 Å². The van der Waals surface area contributed by atoms with Gasteiger partial charge in [-0.2, -0.15) is 0 Å². The first kappa shape index (κ1) is 15.8. The van der Waals surface area contributed by atoms with E-state index >= 15 is 0 Å². The molecule has 3 atom stereocenters. The molecular formula is C14H26N2O3. The van der Waals surface area contributed by atoms with E-state index < -0.39 is 5.97 Å². The standard InChI is InChI=1S/C14H26N2O3/c1-10-6-7-12(9-11(10)2)16-14(19)15-8-4-3-5-13(17)18/h10-12H,3-9H2,1-2H3,(H,17,18)(H2,15,16,19). The number of hydrogen-bond acceptors (Lipinski definition) is 2. The van der Waals surface area contributed by atoms with Crippen LogP contribution in [0.25, 0.3) is 0 Å². The van der Waals surface area contributed by atoms with Crippen LogP contribution in [0.4, 0.5) is 4.79 Å². The molecule has 0 aliphatic heterocycles. The molecule has 1 saturated carbocycles. The largest absolute Gasteiger partial charge is 0.481 e. The lowest BCUT2D eigenvalue weighted by Crippen LogP contribution is -2.45. The van der Waals surface area contributed by atoms with Crippen molar-refractivity contribution in [1.29, 1.82) is 0 Å². The maximum absolute atomic E-state index is 11.7. The van der Waals surface area contributed by atoms with E-state index in [4.69, 9.17) is 5.11 Å². The highest BCUT2D eigenvalue weighted by Crippen LogP contribution is 2.29. The molecule has 1 aliphatic rings. The van der Waals surface area contributed by atoms with E-state index in [1.54, 1.807) is 0 Å². The van der Waals surface area contributed by atoms with Crippen LogP contribution >= 0.6 is 0 Å². The summed E-state index contributed by atoms with van der Waals surface area (Å²) in [5, 5.41) is 14.3. The number of carboxylic acid groups (broad SMARTS) is 1. The molecule has 0 saturated heterocycles. The minimum atomic E-state index is -0.783. The number of rotatable bonds is 6. The number of amides is 2. The fraction of sp³-hybridized carbons (Fsp3) is 0.857. The molecule has 0 radical (unpaired) electrons. The Kier molecular flexibility index (Phi) is 6.67. The maximum Gasteiger partial charge on any atom is 0.315 e.